The van der Waals surface area contributed by atoms with Gasteiger partial charge >= 0.3 is 0 Å². The molecule has 1 amide bonds. The van der Waals surface area contributed by atoms with E-state index in [-0.39, 0.29) is 11.5 Å². The number of rotatable bonds is 3. The van der Waals surface area contributed by atoms with Crippen LogP contribution >= 0.6 is 12.2 Å². The zero-order valence-corrected chi connectivity index (χ0v) is 10.5. The molecular weight excluding hydrogens is 252 g/mol. The number of amides is 1. The second-order valence-electron chi connectivity index (χ2n) is 3.16. The molecular formula is C11H12N4O2S. The number of methoxy groups -OCH3 is 1. The number of benzene rings is 1. The fraction of sp³-hybridized carbons (Fsp3) is 0.182. The minimum absolute atomic E-state index is 0.200. The van der Waals surface area contributed by atoms with E-state index in [1.807, 2.05) is 12.1 Å². The van der Waals surface area contributed by atoms with Crippen LogP contribution < -0.4 is 20.9 Å². The lowest BCUT2D eigenvalue weighted by Crippen LogP contribution is -2.43. The molecule has 7 heteroatoms. The standard InChI is InChI=1S/C11H12N4O2S/c1-17-9-5-3-2-4-8(9)13-11(18)15-14-10(16)6-7-12/h2-5H,6H2,1H3,(H,14,16)(H2,13,15,18). The Morgan fingerprint density at radius 1 is 1.44 bits per heavy atom. The van der Waals surface area contributed by atoms with Gasteiger partial charge in [-0.15, -0.1) is 0 Å². The van der Waals surface area contributed by atoms with Gasteiger partial charge in [-0.1, -0.05) is 12.1 Å². The fourth-order valence-electron chi connectivity index (χ4n) is 1.14. The molecule has 0 spiro atoms. The van der Waals surface area contributed by atoms with E-state index in [9.17, 15) is 4.79 Å². The highest BCUT2D eigenvalue weighted by molar-refractivity contribution is 7.80. The highest BCUT2D eigenvalue weighted by Gasteiger charge is 2.04. The molecule has 0 unspecified atom stereocenters. The molecule has 94 valence electrons. The number of thiocarbonyl (C=S) groups is 1. The second kappa shape index (κ2) is 7.09. The van der Waals surface area contributed by atoms with Crippen molar-refractivity contribution in [1.82, 2.24) is 10.9 Å². The first-order chi connectivity index (χ1) is 8.67. The lowest BCUT2D eigenvalue weighted by atomic mass is 10.3. The number of anilines is 1. The Kier molecular flexibility index (Phi) is 5.41. The number of carbonyl (C=O) groups excluding carboxylic acids is 1. The molecule has 0 aliphatic carbocycles. The van der Waals surface area contributed by atoms with Gasteiger partial charge in [0.05, 0.1) is 18.9 Å². The maximum Gasteiger partial charge on any atom is 0.252 e. The number of para-hydroxylation sites is 2. The third kappa shape index (κ3) is 4.27. The Hall–Kier alpha value is -2.33. The van der Waals surface area contributed by atoms with Crippen molar-refractivity contribution >= 4 is 28.9 Å². The maximum absolute atomic E-state index is 11.0. The highest BCUT2D eigenvalue weighted by Crippen LogP contribution is 2.22. The summed E-state index contributed by atoms with van der Waals surface area (Å²) in [6.45, 7) is 0. The van der Waals surface area contributed by atoms with Gasteiger partial charge in [-0.2, -0.15) is 5.26 Å². The van der Waals surface area contributed by atoms with Gasteiger partial charge in [0.25, 0.3) is 5.91 Å². The molecule has 0 radical (unpaired) electrons. The molecule has 0 bridgehead atoms. The molecule has 18 heavy (non-hydrogen) atoms. The van der Waals surface area contributed by atoms with E-state index in [0.29, 0.717) is 11.4 Å². The number of ether oxygens (including phenoxy) is 1. The highest BCUT2D eigenvalue weighted by atomic mass is 32.1. The molecule has 0 aliphatic rings. The Labute approximate surface area is 110 Å². The van der Waals surface area contributed by atoms with Gasteiger partial charge in [-0.05, 0) is 24.4 Å². The summed E-state index contributed by atoms with van der Waals surface area (Å²) in [5, 5.41) is 11.4. The quantitative estimate of drug-likeness (QED) is 0.556. The topological polar surface area (TPSA) is 86.2 Å². The van der Waals surface area contributed by atoms with Crippen molar-refractivity contribution in [3.63, 3.8) is 0 Å². The van der Waals surface area contributed by atoms with Crippen LogP contribution in [0.5, 0.6) is 5.75 Å². The summed E-state index contributed by atoms with van der Waals surface area (Å²) in [5.74, 6) is 0.173. The Bertz CT molecular complexity index is 484. The Morgan fingerprint density at radius 3 is 2.83 bits per heavy atom. The normalized spacial score (nSPS) is 8.89. The molecule has 0 saturated carbocycles. The van der Waals surface area contributed by atoms with E-state index in [1.54, 1.807) is 25.3 Å². The summed E-state index contributed by atoms with van der Waals surface area (Å²) in [6, 6.07) is 8.93. The lowest BCUT2D eigenvalue weighted by Gasteiger charge is -2.13. The van der Waals surface area contributed by atoms with Crippen LogP contribution in [0.2, 0.25) is 0 Å². The van der Waals surface area contributed by atoms with Crippen LogP contribution in [0, 0.1) is 11.3 Å². The molecule has 0 heterocycles. The van der Waals surface area contributed by atoms with Crippen LogP contribution in [0.15, 0.2) is 24.3 Å². The van der Waals surface area contributed by atoms with Crippen molar-refractivity contribution < 1.29 is 9.53 Å². The molecule has 3 N–H and O–H groups in total. The molecule has 0 aromatic heterocycles. The van der Waals surface area contributed by atoms with Crippen LogP contribution in [0.4, 0.5) is 5.69 Å². The SMILES string of the molecule is COc1ccccc1NC(=S)NNC(=O)CC#N. The molecule has 0 fully saturated rings. The van der Waals surface area contributed by atoms with Gasteiger partial charge in [-0.25, -0.2) is 0 Å². The minimum Gasteiger partial charge on any atom is -0.495 e. The average Bonchev–Trinajstić information content (AvgIpc) is 2.37. The van der Waals surface area contributed by atoms with E-state index < -0.39 is 5.91 Å². The summed E-state index contributed by atoms with van der Waals surface area (Å²) in [5.41, 5.74) is 5.44. The van der Waals surface area contributed by atoms with E-state index >= 15 is 0 Å². The van der Waals surface area contributed by atoms with E-state index in [4.69, 9.17) is 22.2 Å². The number of nitrogens with zero attached hydrogens (tertiary/aromatic N) is 1. The largest absolute Gasteiger partial charge is 0.495 e. The van der Waals surface area contributed by atoms with Gasteiger partial charge in [0, 0.05) is 0 Å². The van der Waals surface area contributed by atoms with Crippen LogP contribution in [-0.4, -0.2) is 18.1 Å². The van der Waals surface area contributed by atoms with Gasteiger partial charge < -0.3 is 10.1 Å². The zero-order valence-electron chi connectivity index (χ0n) is 9.69. The van der Waals surface area contributed by atoms with Crippen LogP contribution in [0.25, 0.3) is 0 Å². The molecule has 0 atom stereocenters. The molecule has 0 aliphatic heterocycles. The zero-order chi connectivity index (χ0) is 13.4. The van der Waals surface area contributed by atoms with E-state index in [2.05, 4.69) is 16.2 Å². The number of hydrazine groups is 1. The van der Waals surface area contributed by atoms with Crippen molar-refractivity contribution in [3.05, 3.63) is 24.3 Å². The summed E-state index contributed by atoms with van der Waals surface area (Å²) < 4.78 is 5.13. The lowest BCUT2D eigenvalue weighted by molar-refractivity contribution is -0.120. The monoisotopic (exact) mass is 264 g/mol. The molecule has 1 rings (SSSR count). The third-order valence-corrected chi connectivity index (χ3v) is 2.11. The van der Waals surface area contributed by atoms with Crippen molar-refractivity contribution in [1.29, 1.82) is 5.26 Å². The number of nitrogens with one attached hydrogen (secondary N) is 3. The first-order valence-corrected chi connectivity index (χ1v) is 5.44. The summed E-state index contributed by atoms with van der Waals surface area (Å²) >= 11 is 4.97. The summed E-state index contributed by atoms with van der Waals surface area (Å²) in [7, 11) is 1.55. The van der Waals surface area contributed by atoms with Crippen LogP contribution in [0.1, 0.15) is 6.42 Å². The number of hydrogen-bond acceptors (Lipinski definition) is 4. The minimum atomic E-state index is -0.457. The Morgan fingerprint density at radius 2 is 2.17 bits per heavy atom. The van der Waals surface area contributed by atoms with Crippen molar-refractivity contribution in [2.24, 2.45) is 0 Å². The van der Waals surface area contributed by atoms with Gasteiger partial charge in [-0.3, -0.25) is 15.6 Å². The predicted molar refractivity (Wildman–Crippen MR) is 70.7 cm³/mol. The van der Waals surface area contributed by atoms with Crippen molar-refractivity contribution in [2.75, 3.05) is 12.4 Å². The van der Waals surface area contributed by atoms with Crippen molar-refractivity contribution in [2.45, 2.75) is 6.42 Å². The van der Waals surface area contributed by atoms with Crippen LogP contribution in [-0.2, 0) is 4.79 Å². The summed E-state index contributed by atoms with van der Waals surface area (Å²) in [6.07, 6.45) is -0.232. The van der Waals surface area contributed by atoms with E-state index in [1.165, 1.54) is 0 Å². The number of carbonyl (C=O) groups is 1. The molecule has 6 nitrogen and oxygen atoms in total. The summed E-state index contributed by atoms with van der Waals surface area (Å²) in [4.78, 5) is 11.0. The van der Waals surface area contributed by atoms with E-state index in [0.717, 1.165) is 0 Å². The molecule has 1 aromatic rings. The maximum atomic E-state index is 11.0. The molecule has 0 saturated heterocycles. The Balaban J connectivity index is 2.50. The smallest absolute Gasteiger partial charge is 0.252 e. The first kappa shape index (κ1) is 13.7. The average molecular weight is 264 g/mol. The van der Waals surface area contributed by atoms with Gasteiger partial charge in [0.15, 0.2) is 5.11 Å². The number of hydrogen-bond donors (Lipinski definition) is 3. The molecule has 1 aromatic carbocycles. The predicted octanol–water partition coefficient (Wildman–Crippen LogP) is 0.926. The fourth-order valence-corrected chi connectivity index (χ4v) is 1.30. The first-order valence-electron chi connectivity index (χ1n) is 5.03. The van der Waals surface area contributed by atoms with Gasteiger partial charge in [0.2, 0.25) is 0 Å². The second-order valence-corrected chi connectivity index (χ2v) is 3.57. The van der Waals surface area contributed by atoms with Gasteiger partial charge in [0.1, 0.15) is 12.2 Å². The number of nitriles is 1. The van der Waals surface area contributed by atoms with Crippen LogP contribution in [0.3, 0.4) is 0 Å². The van der Waals surface area contributed by atoms with Crippen molar-refractivity contribution in [3.8, 4) is 11.8 Å². The third-order valence-electron chi connectivity index (χ3n) is 1.91.